The number of rotatable bonds is 0. The Balaban J connectivity index is 1.80. The highest BCUT2D eigenvalue weighted by Gasteiger charge is 2.56. The molecule has 19 heavy (non-hydrogen) atoms. The van der Waals surface area contributed by atoms with Gasteiger partial charge >= 0.3 is 0 Å². The van der Waals surface area contributed by atoms with Gasteiger partial charge in [0.15, 0.2) is 0 Å². The van der Waals surface area contributed by atoms with E-state index < -0.39 is 0 Å². The van der Waals surface area contributed by atoms with Gasteiger partial charge in [-0.25, -0.2) is 0 Å². The van der Waals surface area contributed by atoms with Gasteiger partial charge in [0, 0.05) is 0 Å². The molecule has 0 N–H and O–H groups in total. The second-order valence-corrected chi connectivity index (χ2v) is 7.89. The molecule has 102 valence electrons. The fourth-order valence-corrected chi connectivity index (χ4v) is 6.07. The van der Waals surface area contributed by atoms with Crippen LogP contribution >= 0.6 is 0 Å². The molecule has 1 aromatic carbocycles. The van der Waals surface area contributed by atoms with Crippen LogP contribution in [-0.2, 0) is 6.42 Å². The van der Waals surface area contributed by atoms with E-state index in [1.807, 2.05) is 0 Å². The van der Waals surface area contributed by atoms with Gasteiger partial charge in [0.25, 0.3) is 0 Å². The lowest BCUT2D eigenvalue weighted by Crippen LogP contribution is -2.47. The summed E-state index contributed by atoms with van der Waals surface area (Å²) < 4.78 is 0. The Labute approximate surface area is 117 Å². The molecule has 0 heteroatoms. The molecule has 0 saturated heterocycles. The first-order chi connectivity index (χ1) is 9.13. The molecule has 0 nitrogen and oxygen atoms in total. The fraction of sp³-hybridized carbons (Fsp3) is 0.684. The van der Waals surface area contributed by atoms with Crippen molar-refractivity contribution in [3.8, 4) is 0 Å². The topological polar surface area (TPSA) is 0 Å². The third-order valence-electron chi connectivity index (χ3n) is 7.04. The summed E-state index contributed by atoms with van der Waals surface area (Å²) >= 11 is 0. The lowest BCUT2D eigenvalue weighted by molar-refractivity contribution is -0.0178. The number of benzene rings is 1. The van der Waals surface area contributed by atoms with Crippen molar-refractivity contribution in [2.45, 2.75) is 64.7 Å². The van der Waals surface area contributed by atoms with Gasteiger partial charge in [0.05, 0.1) is 0 Å². The maximum atomic E-state index is 2.63. The van der Waals surface area contributed by atoms with Crippen LogP contribution in [-0.4, -0.2) is 0 Å². The van der Waals surface area contributed by atoms with E-state index in [1.54, 1.807) is 11.1 Å². The van der Waals surface area contributed by atoms with E-state index >= 15 is 0 Å². The normalized spacial score (nSPS) is 44.3. The van der Waals surface area contributed by atoms with Crippen LogP contribution in [0.3, 0.4) is 0 Å². The molecule has 3 aliphatic carbocycles. The predicted molar refractivity (Wildman–Crippen MR) is 80.3 cm³/mol. The summed E-state index contributed by atoms with van der Waals surface area (Å²) in [6.07, 6.45) is 10.1. The summed E-state index contributed by atoms with van der Waals surface area (Å²) in [5.41, 5.74) is 4.59. The van der Waals surface area contributed by atoms with Gasteiger partial charge in [-0.15, -0.1) is 0 Å². The van der Waals surface area contributed by atoms with Crippen LogP contribution in [0.15, 0.2) is 24.3 Å². The molecular formula is C19H26. The standard InChI is InChI=1S/C19H26/c1-18-11-5-8-17(18)19(2)13-9-14-6-3-4-7-15(14)16(19)10-12-18/h3-4,6-7,16-17H,5,8-13H2,1-2H3/t16-,17-,18+,19-/m1/s1. The van der Waals surface area contributed by atoms with Gasteiger partial charge in [-0.1, -0.05) is 44.5 Å². The monoisotopic (exact) mass is 254 g/mol. The molecule has 0 heterocycles. The van der Waals surface area contributed by atoms with Gasteiger partial charge in [-0.3, -0.25) is 0 Å². The van der Waals surface area contributed by atoms with E-state index in [0.29, 0.717) is 10.8 Å². The summed E-state index contributed by atoms with van der Waals surface area (Å²) in [5, 5.41) is 0. The van der Waals surface area contributed by atoms with Gasteiger partial charge in [-0.2, -0.15) is 0 Å². The Hall–Kier alpha value is -0.780. The molecule has 2 saturated carbocycles. The zero-order valence-corrected chi connectivity index (χ0v) is 12.4. The second-order valence-electron chi connectivity index (χ2n) is 7.89. The molecule has 0 spiro atoms. The van der Waals surface area contributed by atoms with Crippen molar-refractivity contribution >= 4 is 0 Å². The summed E-state index contributed by atoms with van der Waals surface area (Å²) in [7, 11) is 0. The van der Waals surface area contributed by atoms with E-state index in [-0.39, 0.29) is 0 Å². The molecule has 3 aliphatic rings. The summed E-state index contributed by atoms with van der Waals surface area (Å²) in [4.78, 5) is 0. The Morgan fingerprint density at radius 1 is 1.00 bits per heavy atom. The van der Waals surface area contributed by atoms with Crippen LogP contribution in [0.2, 0.25) is 0 Å². The zero-order chi connectivity index (χ0) is 13.1. The van der Waals surface area contributed by atoms with Crippen molar-refractivity contribution in [3.05, 3.63) is 35.4 Å². The molecule has 0 unspecified atom stereocenters. The first kappa shape index (κ1) is 12.0. The molecule has 0 radical (unpaired) electrons. The molecule has 0 aliphatic heterocycles. The smallest absolute Gasteiger partial charge is 0.0102 e. The van der Waals surface area contributed by atoms with Crippen molar-refractivity contribution in [3.63, 3.8) is 0 Å². The minimum Gasteiger partial charge on any atom is -0.0620 e. The van der Waals surface area contributed by atoms with Crippen molar-refractivity contribution in [2.75, 3.05) is 0 Å². The molecule has 0 bridgehead atoms. The van der Waals surface area contributed by atoms with Crippen LogP contribution < -0.4 is 0 Å². The molecule has 4 atom stereocenters. The van der Waals surface area contributed by atoms with E-state index in [4.69, 9.17) is 0 Å². The van der Waals surface area contributed by atoms with Gasteiger partial charge in [0.1, 0.15) is 0 Å². The van der Waals surface area contributed by atoms with E-state index in [2.05, 4.69) is 38.1 Å². The summed E-state index contributed by atoms with van der Waals surface area (Å²) in [5.74, 6) is 1.82. The maximum Gasteiger partial charge on any atom is -0.0102 e. The van der Waals surface area contributed by atoms with Crippen molar-refractivity contribution in [1.82, 2.24) is 0 Å². The third kappa shape index (κ3) is 1.52. The minimum atomic E-state index is 0.581. The average molecular weight is 254 g/mol. The predicted octanol–water partition coefficient (Wildman–Crippen LogP) is 5.32. The Morgan fingerprint density at radius 2 is 1.84 bits per heavy atom. The highest BCUT2D eigenvalue weighted by molar-refractivity contribution is 5.36. The van der Waals surface area contributed by atoms with Gasteiger partial charge < -0.3 is 0 Å². The number of hydrogen-bond donors (Lipinski definition) is 0. The Kier molecular flexibility index (Phi) is 2.44. The highest BCUT2D eigenvalue weighted by atomic mass is 14.6. The van der Waals surface area contributed by atoms with Crippen LogP contribution in [0.5, 0.6) is 0 Å². The minimum absolute atomic E-state index is 0.581. The first-order valence-electron chi connectivity index (χ1n) is 8.21. The van der Waals surface area contributed by atoms with E-state index in [0.717, 1.165) is 11.8 Å². The SMILES string of the molecule is C[C@@]12CCC[C@H]1[C@]1(C)CCc3ccccc3[C@H]1CC2. The first-order valence-corrected chi connectivity index (χ1v) is 8.21. The second kappa shape index (κ2) is 3.87. The van der Waals surface area contributed by atoms with Crippen molar-refractivity contribution in [1.29, 1.82) is 0 Å². The van der Waals surface area contributed by atoms with Crippen molar-refractivity contribution in [2.24, 2.45) is 16.7 Å². The lowest BCUT2D eigenvalue weighted by atomic mass is 9.48. The molecule has 0 aromatic heterocycles. The number of fused-ring (bicyclic) bond motifs is 5. The van der Waals surface area contributed by atoms with Gasteiger partial charge in [0.2, 0.25) is 0 Å². The summed E-state index contributed by atoms with van der Waals surface area (Å²) in [6, 6.07) is 9.28. The van der Waals surface area contributed by atoms with Gasteiger partial charge in [-0.05, 0) is 72.3 Å². The van der Waals surface area contributed by atoms with E-state index in [1.165, 1.54) is 44.9 Å². The largest absolute Gasteiger partial charge is 0.0620 e. The third-order valence-corrected chi connectivity index (χ3v) is 7.04. The van der Waals surface area contributed by atoms with Crippen LogP contribution in [0.1, 0.15) is 69.4 Å². The molecule has 4 rings (SSSR count). The lowest BCUT2D eigenvalue weighted by Gasteiger charge is -2.56. The molecular weight excluding hydrogens is 228 g/mol. The van der Waals surface area contributed by atoms with Crippen LogP contribution in [0.4, 0.5) is 0 Å². The maximum absolute atomic E-state index is 2.63. The molecule has 0 amide bonds. The number of hydrogen-bond acceptors (Lipinski definition) is 0. The zero-order valence-electron chi connectivity index (χ0n) is 12.4. The van der Waals surface area contributed by atoms with Crippen LogP contribution in [0.25, 0.3) is 0 Å². The fourth-order valence-electron chi connectivity index (χ4n) is 6.07. The average Bonchev–Trinajstić information content (AvgIpc) is 2.81. The van der Waals surface area contributed by atoms with Crippen LogP contribution in [0, 0.1) is 16.7 Å². The highest BCUT2D eigenvalue weighted by Crippen LogP contribution is 2.66. The Bertz CT molecular complexity index is 503. The number of aryl methyl sites for hydroxylation is 1. The quantitative estimate of drug-likeness (QED) is 0.587. The summed E-state index contributed by atoms with van der Waals surface area (Å²) in [6.45, 7) is 5.22. The van der Waals surface area contributed by atoms with Crippen molar-refractivity contribution < 1.29 is 0 Å². The Morgan fingerprint density at radius 3 is 2.74 bits per heavy atom. The molecule has 2 fully saturated rings. The van der Waals surface area contributed by atoms with E-state index in [9.17, 15) is 0 Å². The molecule has 1 aromatic rings.